The summed E-state index contributed by atoms with van der Waals surface area (Å²) in [7, 11) is 0. The molecule has 1 aromatic heterocycles. The van der Waals surface area contributed by atoms with Crippen molar-refractivity contribution in [2.75, 3.05) is 19.0 Å². The first-order valence-electron chi connectivity index (χ1n) is 11.6. The second kappa shape index (κ2) is 11.5. The molecule has 0 radical (unpaired) electrons. The highest BCUT2D eigenvalue weighted by Crippen LogP contribution is 2.41. The van der Waals surface area contributed by atoms with Gasteiger partial charge in [-0.15, -0.1) is 11.8 Å². The number of rotatable bonds is 9. The van der Waals surface area contributed by atoms with E-state index in [2.05, 4.69) is 44.7 Å². The minimum Gasteiger partial charge on any atom is -0.493 e. The topological polar surface area (TPSA) is 48.7 Å². The first-order chi connectivity index (χ1) is 15.4. The van der Waals surface area contributed by atoms with E-state index >= 15 is 0 Å². The summed E-state index contributed by atoms with van der Waals surface area (Å²) in [5, 5.41) is 0. The van der Waals surface area contributed by atoms with Crippen LogP contribution in [0.2, 0.25) is 0 Å². The van der Waals surface area contributed by atoms with Gasteiger partial charge in [0.25, 0.3) is 0 Å². The number of hydrogen-bond acceptors (Lipinski definition) is 5. The molecule has 4 nitrogen and oxygen atoms in total. The maximum Gasteiger partial charge on any atom is 0.313 e. The lowest BCUT2D eigenvalue weighted by Gasteiger charge is -2.33. The van der Waals surface area contributed by atoms with Crippen LogP contribution in [0.4, 0.5) is 0 Å². The van der Waals surface area contributed by atoms with E-state index in [0.29, 0.717) is 18.1 Å². The monoisotopic (exact) mass is 454 g/mol. The summed E-state index contributed by atoms with van der Waals surface area (Å²) < 4.78 is 16.7. The number of ether oxygens (including phenoxy) is 2. The fourth-order valence-electron chi connectivity index (χ4n) is 3.71. The Balaban J connectivity index is 1.83. The predicted molar refractivity (Wildman–Crippen MR) is 129 cm³/mol. The number of unbranched alkanes of at least 4 members (excludes halogenated alkanes) is 3. The summed E-state index contributed by atoms with van der Waals surface area (Å²) in [5.74, 6) is 9.36. The second-order valence-electron chi connectivity index (χ2n) is 8.73. The number of carbonyl (C=O) groups is 1. The Morgan fingerprint density at radius 1 is 1.16 bits per heavy atom. The molecule has 0 atom stereocenters. The third kappa shape index (κ3) is 6.59. The van der Waals surface area contributed by atoms with Gasteiger partial charge in [-0.1, -0.05) is 46.0 Å². The molecule has 0 aliphatic carbocycles. The molecule has 3 rings (SSSR count). The number of benzene rings is 1. The molecule has 5 heteroatoms. The fourth-order valence-corrected chi connectivity index (χ4v) is 4.74. The van der Waals surface area contributed by atoms with E-state index in [9.17, 15) is 4.79 Å². The minimum atomic E-state index is -0.292. The molecule has 0 amide bonds. The van der Waals surface area contributed by atoms with Crippen molar-refractivity contribution < 1.29 is 18.7 Å². The summed E-state index contributed by atoms with van der Waals surface area (Å²) in [5.41, 5.74) is 2.28. The Morgan fingerprint density at radius 2 is 2.00 bits per heavy atom. The molecular formula is C27H34O4S. The quantitative estimate of drug-likeness (QED) is 0.187. The van der Waals surface area contributed by atoms with Crippen LogP contribution >= 0.6 is 11.8 Å². The highest BCUT2D eigenvalue weighted by atomic mass is 32.2. The summed E-state index contributed by atoms with van der Waals surface area (Å²) in [6.45, 7) is 9.66. The third-order valence-corrected chi connectivity index (χ3v) is 6.80. The maximum absolute atomic E-state index is 11.7. The van der Waals surface area contributed by atoms with Crippen LogP contribution in [0, 0.1) is 11.8 Å². The Morgan fingerprint density at radius 3 is 2.78 bits per heavy atom. The van der Waals surface area contributed by atoms with Crippen LogP contribution in [0.15, 0.2) is 33.6 Å². The summed E-state index contributed by atoms with van der Waals surface area (Å²) in [6, 6.07) is 7.95. The average molecular weight is 455 g/mol. The molecule has 2 aromatic rings. The summed E-state index contributed by atoms with van der Waals surface area (Å²) >= 11 is 1.85. The Labute approximate surface area is 196 Å². The molecule has 0 unspecified atom stereocenters. The number of fused-ring (bicyclic) bond motifs is 1. The molecule has 172 valence electrons. The van der Waals surface area contributed by atoms with E-state index in [1.807, 2.05) is 17.8 Å². The van der Waals surface area contributed by atoms with Gasteiger partial charge in [0.1, 0.15) is 17.9 Å². The lowest BCUT2D eigenvalue weighted by Crippen LogP contribution is -2.26. The lowest BCUT2D eigenvalue weighted by atomic mass is 9.79. The van der Waals surface area contributed by atoms with E-state index in [4.69, 9.17) is 13.9 Å². The zero-order chi connectivity index (χ0) is 23.0. The van der Waals surface area contributed by atoms with Crippen molar-refractivity contribution in [2.24, 2.45) is 0 Å². The SMILES string of the molecule is CCCCCCSc1cc2c(cc1C#Cc1ccc(CC(=O)OCC)o1)C(C)(C)CCO2. The van der Waals surface area contributed by atoms with E-state index in [0.717, 1.165) is 35.0 Å². The van der Waals surface area contributed by atoms with Crippen molar-refractivity contribution in [3.05, 3.63) is 46.9 Å². The van der Waals surface area contributed by atoms with Gasteiger partial charge >= 0.3 is 5.97 Å². The molecule has 2 heterocycles. The van der Waals surface area contributed by atoms with Gasteiger partial charge in [-0.3, -0.25) is 4.79 Å². The van der Waals surface area contributed by atoms with Gasteiger partial charge in [0, 0.05) is 16.0 Å². The standard InChI is InChI=1S/C27H34O4S/c1-5-7-8-9-16-32-25-19-24-23(27(3,4)14-15-30-24)17-20(25)10-11-21-12-13-22(31-21)18-26(28)29-6-2/h12-13,17,19H,5-9,14-16,18H2,1-4H3. The molecule has 0 saturated carbocycles. The van der Waals surface area contributed by atoms with Crippen molar-refractivity contribution in [3.8, 4) is 17.6 Å². The van der Waals surface area contributed by atoms with Crippen molar-refractivity contribution >= 4 is 17.7 Å². The van der Waals surface area contributed by atoms with Crippen LogP contribution in [-0.2, 0) is 21.4 Å². The van der Waals surface area contributed by atoms with Gasteiger partial charge in [-0.05, 0) is 61.1 Å². The highest BCUT2D eigenvalue weighted by molar-refractivity contribution is 7.99. The number of esters is 1. The van der Waals surface area contributed by atoms with Crippen LogP contribution in [0.5, 0.6) is 5.75 Å². The van der Waals surface area contributed by atoms with E-state index < -0.39 is 0 Å². The van der Waals surface area contributed by atoms with Crippen molar-refractivity contribution in [1.82, 2.24) is 0 Å². The molecule has 1 aromatic carbocycles. The Bertz CT molecular complexity index is 977. The van der Waals surface area contributed by atoms with Crippen molar-refractivity contribution in [2.45, 2.75) is 76.5 Å². The Hall–Kier alpha value is -2.32. The maximum atomic E-state index is 11.7. The zero-order valence-corrected chi connectivity index (χ0v) is 20.5. The predicted octanol–water partition coefficient (Wildman–Crippen LogP) is 6.52. The molecule has 0 N–H and O–H groups in total. The van der Waals surface area contributed by atoms with Crippen molar-refractivity contribution in [3.63, 3.8) is 0 Å². The Kier molecular flexibility index (Phi) is 8.75. The molecular weight excluding hydrogens is 420 g/mol. The van der Waals surface area contributed by atoms with Crippen LogP contribution in [0.1, 0.15) is 82.4 Å². The van der Waals surface area contributed by atoms with Gasteiger partial charge in [-0.25, -0.2) is 0 Å². The minimum absolute atomic E-state index is 0.0613. The molecule has 0 saturated heterocycles. The third-order valence-electron chi connectivity index (χ3n) is 5.66. The van der Waals surface area contributed by atoms with Gasteiger partial charge in [-0.2, -0.15) is 0 Å². The van der Waals surface area contributed by atoms with Gasteiger partial charge in [0.2, 0.25) is 0 Å². The molecule has 0 spiro atoms. The average Bonchev–Trinajstić information content (AvgIpc) is 3.19. The van der Waals surface area contributed by atoms with Gasteiger partial charge in [0.05, 0.1) is 13.2 Å². The fraction of sp³-hybridized carbons (Fsp3) is 0.519. The normalized spacial score (nSPS) is 14.1. The smallest absolute Gasteiger partial charge is 0.313 e. The molecule has 0 bridgehead atoms. The first kappa shape index (κ1) is 24.3. The van der Waals surface area contributed by atoms with Crippen LogP contribution in [0.3, 0.4) is 0 Å². The zero-order valence-electron chi connectivity index (χ0n) is 19.7. The molecule has 1 aliphatic rings. The highest BCUT2D eigenvalue weighted by Gasteiger charge is 2.29. The van der Waals surface area contributed by atoms with Crippen LogP contribution in [0.25, 0.3) is 0 Å². The van der Waals surface area contributed by atoms with Gasteiger partial charge < -0.3 is 13.9 Å². The summed E-state index contributed by atoms with van der Waals surface area (Å²) in [4.78, 5) is 12.8. The summed E-state index contributed by atoms with van der Waals surface area (Å²) in [6.07, 6.45) is 6.09. The molecule has 1 aliphatic heterocycles. The van der Waals surface area contributed by atoms with E-state index in [1.54, 1.807) is 13.0 Å². The number of hydrogen-bond donors (Lipinski definition) is 0. The van der Waals surface area contributed by atoms with Crippen LogP contribution < -0.4 is 4.74 Å². The molecule has 0 fully saturated rings. The molecule has 32 heavy (non-hydrogen) atoms. The number of furan rings is 1. The largest absolute Gasteiger partial charge is 0.493 e. The number of carbonyl (C=O) groups excluding carboxylic acids is 1. The van der Waals surface area contributed by atoms with E-state index in [-0.39, 0.29) is 17.8 Å². The number of thioether (sulfide) groups is 1. The lowest BCUT2D eigenvalue weighted by molar-refractivity contribution is -0.142. The van der Waals surface area contributed by atoms with Crippen molar-refractivity contribution in [1.29, 1.82) is 0 Å². The second-order valence-corrected chi connectivity index (χ2v) is 9.87. The van der Waals surface area contributed by atoms with E-state index in [1.165, 1.54) is 31.2 Å². The van der Waals surface area contributed by atoms with Gasteiger partial charge in [0.15, 0.2) is 5.76 Å². The first-order valence-corrected chi connectivity index (χ1v) is 12.6. The van der Waals surface area contributed by atoms with Crippen LogP contribution in [-0.4, -0.2) is 24.9 Å².